The molecule has 0 aliphatic heterocycles. The van der Waals surface area contributed by atoms with E-state index in [0.29, 0.717) is 24.7 Å². The molecule has 0 aliphatic carbocycles. The van der Waals surface area contributed by atoms with Crippen molar-refractivity contribution in [3.63, 3.8) is 0 Å². The molecule has 4 nitrogen and oxygen atoms in total. The molecule has 0 aliphatic rings. The topological polar surface area (TPSA) is 54.0 Å². The summed E-state index contributed by atoms with van der Waals surface area (Å²) in [4.78, 5) is 16.1. The molecule has 2 N–H and O–H groups in total. The maximum atomic E-state index is 11.9. The highest BCUT2D eigenvalue weighted by Crippen LogP contribution is 2.12. The van der Waals surface area contributed by atoms with Crippen molar-refractivity contribution in [3.8, 4) is 0 Å². The maximum absolute atomic E-state index is 11.9. The van der Waals surface area contributed by atoms with Crippen LogP contribution in [-0.4, -0.2) is 17.4 Å². The van der Waals surface area contributed by atoms with Crippen molar-refractivity contribution >= 4 is 23.2 Å². The first-order valence-corrected chi connectivity index (χ1v) is 8.15. The van der Waals surface area contributed by atoms with Gasteiger partial charge in [-0.2, -0.15) is 0 Å². The summed E-state index contributed by atoms with van der Waals surface area (Å²) in [6.07, 6.45) is 2.64. The molecule has 0 fully saturated rings. The van der Waals surface area contributed by atoms with E-state index < -0.39 is 0 Å². The first-order chi connectivity index (χ1) is 11.0. The van der Waals surface area contributed by atoms with Crippen molar-refractivity contribution in [2.45, 2.75) is 26.8 Å². The van der Waals surface area contributed by atoms with Crippen molar-refractivity contribution in [1.29, 1.82) is 0 Å². The highest BCUT2D eigenvalue weighted by molar-refractivity contribution is 6.30. The van der Waals surface area contributed by atoms with Crippen LogP contribution in [-0.2, 0) is 6.54 Å². The van der Waals surface area contributed by atoms with Gasteiger partial charge in [0.2, 0.25) is 0 Å². The fourth-order valence-corrected chi connectivity index (χ4v) is 2.13. The van der Waals surface area contributed by atoms with Crippen LogP contribution >= 0.6 is 11.6 Å². The van der Waals surface area contributed by atoms with Gasteiger partial charge in [0.05, 0.1) is 11.9 Å². The molecule has 1 amide bonds. The van der Waals surface area contributed by atoms with Crippen LogP contribution in [0.25, 0.3) is 0 Å². The number of rotatable bonds is 7. The Labute approximate surface area is 142 Å². The Balaban J connectivity index is 1.84. The minimum absolute atomic E-state index is 0.130. The molecule has 0 unspecified atom stereocenters. The molecule has 0 atom stereocenters. The second-order valence-electron chi connectivity index (χ2n) is 5.85. The third kappa shape index (κ3) is 5.91. The van der Waals surface area contributed by atoms with Crippen LogP contribution in [0.5, 0.6) is 0 Å². The van der Waals surface area contributed by atoms with Gasteiger partial charge in [-0.15, -0.1) is 0 Å². The molecular formula is C18H22ClN3O. The normalized spacial score (nSPS) is 10.6. The molecule has 0 radical (unpaired) electrons. The van der Waals surface area contributed by atoms with Crippen LogP contribution in [0.2, 0.25) is 5.02 Å². The van der Waals surface area contributed by atoms with Gasteiger partial charge < -0.3 is 10.6 Å². The number of carbonyl (C=O) groups is 1. The van der Waals surface area contributed by atoms with Crippen LogP contribution < -0.4 is 10.6 Å². The third-order valence-electron chi connectivity index (χ3n) is 3.41. The van der Waals surface area contributed by atoms with Gasteiger partial charge in [0.15, 0.2) is 0 Å². The van der Waals surface area contributed by atoms with E-state index in [4.69, 9.17) is 11.6 Å². The molecule has 0 spiro atoms. The highest BCUT2D eigenvalue weighted by atomic mass is 35.5. The van der Waals surface area contributed by atoms with E-state index >= 15 is 0 Å². The fraction of sp³-hybridized carbons (Fsp3) is 0.333. The summed E-state index contributed by atoms with van der Waals surface area (Å²) < 4.78 is 0. The third-order valence-corrected chi connectivity index (χ3v) is 3.67. The Morgan fingerprint density at radius 2 is 1.91 bits per heavy atom. The van der Waals surface area contributed by atoms with Crippen LogP contribution in [0.4, 0.5) is 5.69 Å². The number of anilines is 1. The summed E-state index contributed by atoms with van der Waals surface area (Å²) in [6, 6.07) is 11.3. The highest BCUT2D eigenvalue weighted by Gasteiger charge is 2.06. The minimum Gasteiger partial charge on any atom is -0.380 e. The quantitative estimate of drug-likeness (QED) is 0.802. The van der Waals surface area contributed by atoms with Crippen LogP contribution in [0, 0.1) is 5.92 Å². The molecule has 2 aromatic rings. The van der Waals surface area contributed by atoms with Crippen LogP contribution in [0.3, 0.4) is 0 Å². The number of aromatic nitrogens is 1. The van der Waals surface area contributed by atoms with Gasteiger partial charge >= 0.3 is 0 Å². The number of amides is 1. The molecule has 1 heterocycles. The predicted molar refractivity (Wildman–Crippen MR) is 94.8 cm³/mol. The van der Waals surface area contributed by atoms with Gasteiger partial charge in [0.25, 0.3) is 5.91 Å². The molecule has 2 rings (SSSR count). The van der Waals surface area contributed by atoms with E-state index in [2.05, 4.69) is 29.5 Å². The zero-order valence-corrected chi connectivity index (χ0v) is 14.2. The summed E-state index contributed by atoms with van der Waals surface area (Å²) in [5, 5.41) is 6.87. The standard InChI is InChI=1S/C18H22ClN3O/c1-13(2)9-10-20-18(23)17-8-7-16(12-22-17)21-11-14-3-5-15(19)6-4-14/h3-8,12-13,21H,9-11H2,1-2H3,(H,20,23). The number of halogens is 1. The Kier molecular flexibility index (Phi) is 6.41. The average molecular weight is 332 g/mol. The molecule has 0 saturated heterocycles. The second-order valence-corrected chi connectivity index (χ2v) is 6.29. The van der Waals surface area contributed by atoms with E-state index in [1.165, 1.54) is 0 Å². The van der Waals surface area contributed by atoms with Crippen molar-refractivity contribution in [3.05, 3.63) is 58.9 Å². The first kappa shape index (κ1) is 17.3. The van der Waals surface area contributed by atoms with E-state index in [0.717, 1.165) is 22.7 Å². The summed E-state index contributed by atoms with van der Waals surface area (Å²) in [7, 11) is 0. The number of benzene rings is 1. The Morgan fingerprint density at radius 1 is 1.17 bits per heavy atom. The SMILES string of the molecule is CC(C)CCNC(=O)c1ccc(NCc2ccc(Cl)cc2)cn1. The van der Waals surface area contributed by atoms with Crippen LogP contribution in [0.1, 0.15) is 36.3 Å². The van der Waals surface area contributed by atoms with Gasteiger partial charge in [0, 0.05) is 18.1 Å². The van der Waals surface area contributed by atoms with Gasteiger partial charge in [-0.05, 0) is 42.2 Å². The van der Waals surface area contributed by atoms with Crippen molar-refractivity contribution in [2.75, 3.05) is 11.9 Å². The van der Waals surface area contributed by atoms with E-state index in [1.54, 1.807) is 12.3 Å². The summed E-state index contributed by atoms with van der Waals surface area (Å²) in [6.45, 7) is 5.62. The lowest BCUT2D eigenvalue weighted by atomic mass is 10.1. The molecular weight excluding hydrogens is 310 g/mol. The number of hydrogen-bond donors (Lipinski definition) is 2. The minimum atomic E-state index is -0.130. The first-order valence-electron chi connectivity index (χ1n) is 7.77. The number of pyridine rings is 1. The van der Waals surface area contributed by atoms with Gasteiger partial charge in [-0.1, -0.05) is 37.6 Å². The van der Waals surface area contributed by atoms with Gasteiger partial charge in [0.1, 0.15) is 5.69 Å². The lowest BCUT2D eigenvalue weighted by molar-refractivity contribution is 0.0947. The number of hydrogen-bond acceptors (Lipinski definition) is 3. The van der Waals surface area contributed by atoms with E-state index in [-0.39, 0.29) is 5.91 Å². The number of carbonyl (C=O) groups excluding carboxylic acids is 1. The molecule has 1 aromatic carbocycles. The molecule has 0 saturated carbocycles. The monoisotopic (exact) mass is 331 g/mol. The van der Waals surface area contributed by atoms with Crippen molar-refractivity contribution < 1.29 is 4.79 Å². The largest absolute Gasteiger partial charge is 0.380 e. The zero-order valence-electron chi connectivity index (χ0n) is 13.5. The van der Waals surface area contributed by atoms with Crippen molar-refractivity contribution in [2.24, 2.45) is 5.92 Å². The van der Waals surface area contributed by atoms with Gasteiger partial charge in [-0.3, -0.25) is 4.79 Å². The second kappa shape index (κ2) is 8.53. The van der Waals surface area contributed by atoms with Crippen LogP contribution in [0.15, 0.2) is 42.6 Å². The molecule has 5 heteroatoms. The average Bonchev–Trinajstić information content (AvgIpc) is 2.54. The molecule has 0 bridgehead atoms. The Morgan fingerprint density at radius 3 is 2.52 bits per heavy atom. The summed E-state index contributed by atoms with van der Waals surface area (Å²) in [5.41, 5.74) is 2.44. The molecule has 1 aromatic heterocycles. The zero-order chi connectivity index (χ0) is 16.7. The molecule has 122 valence electrons. The Bertz CT molecular complexity index is 624. The summed E-state index contributed by atoms with van der Waals surface area (Å²) in [5.74, 6) is 0.442. The molecule has 23 heavy (non-hydrogen) atoms. The lowest BCUT2D eigenvalue weighted by Crippen LogP contribution is -2.26. The van der Waals surface area contributed by atoms with E-state index in [1.807, 2.05) is 30.3 Å². The summed E-state index contributed by atoms with van der Waals surface area (Å²) >= 11 is 5.86. The fourth-order valence-electron chi connectivity index (χ4n) is 2.00. The lowest BCUT2D eigenvalue weighted by Gasteiger charge is -2.08. The maximum Gasteiger partial charge on any atom is 0.269 e. The Hall–Kier alpha value is -2.07. The predicted octanol–water partition coefficient (Wildman–Crippen LogP) is 4.12. The van der Waals surface area contributed by atoms with Crippen molar-refractivity contribution in [1.82, 2.24) is 10.3 Å². The van der Waals surface area contributed by atoms with Gasteiger partial charge in [-0.25, -0.2) is 4.98 Å². The number of nitrogens with zero attached hydrogens (tertiary/aromatic N) is 1. The smallest absolute Gasteiger partial charge is 0.269 e. The number of nitrogens with one attached hydrogen (secondary N) is 2. The van der Waals surface area contributed by atoms with E-state index in [9.17, 15) is 4.79 Å².